The molecule has 0 aliphatic carbocycles. The van der Waals surface area contributed by atoms with Crippen molar-refractivity contribution in [3.63, 3.8) is 0 Å². The molecule has 15 heavy (non-hydrogen) atoms. The first-order chi connectivity index (χ1) is 7.13. The molecule has 0 atom stereocenters. The Morgan fingerprint density at radius 1 is 1.67 bits per heavy atom. The summed E-state index contributed by atoms with van der Waals surface area (Å²) in [4.78, 5) is 14.1. The Kier molecular flexibility index (Phi) is 2.12. The molecule has 0 aliphatic rings. The van der Waals surface area contributed by atoms with Crippen LogP contribution in [0, 0.1) is 17.0 Å². The molecule has 0 bridgehead atoms. The van der Waals surface area contributed by atoms with Gasteiger partial charge < -0.3 is 15.8 Å². The Bertz CT molecular complexity index is 532. The minimum absolute atomic E-state index is 0.122. The van der Waals surface area contributed by atoms with Crippen molar-refractivity contribution < 1.29 is 4.92 Å². The van der Waals surface area contributed by atoms with Gasteiger partial charge in [0.25, 0.3) is 0 Å². The number of hydrogen-bond acceptors (Lipinski definition) is 4. The molecule has 0 fully saturated rings. The van der Waals surface area contributed by atoms with Crippen LogP contribution in [-0.4, -0.2) is 14.3 Å². The Morgan fingerprint density at radius 3 is 3.00 bits per heavy atom. The van der Waals surface area contributed by atoms with Crippen molar-refractivity contribution >= 4 is 11.3 Å². The topological polar surface area (TPSA) is 86.5 Å². The number of hydrogen-bond donors (Lipinski definition) is 1. The maximum absolute atomic E-state index is 10.7. The maximum atomic E-state index is 10.7. The van der Waals surface area contributed by atoms with E-state index in [1.165, 1.54) is 0 Å². The van der Waals surface area contributed by atoms with Crippen LogP contribution < -0.4 is 5.73 Å². The summed E-state index contributed by atoms with van der Waals surface area (Å²) in [5.74, 6) is 0.475. The van der Waals surface area contributed by atoms with Crippen LogP contribution in [0.25, 0.3) is 5.52 Å². The van der Waals surface area contributed by atoms with Gasteiger partial charge in [-0.1, -0.05) is 0 Å². The van der Waals surface area contributed by atoms with Gasteiger partial charge in [-0.05, 0) is 27.6 Å². The molecule has 2 N–H and O–H groups in total. The summed E-state index contributed by atoms with van der Waals surface area (Å²) < 4.78 is 1.68. The molecule has 0 amide bonds. The fourth-order valence-electron chi connectivity index (χ4n) is 1.52. The first-order valence-corrected chi connectivity index (χ1v) is 4.45. The lowest BCUT2D eigenvalue weighted by Gasteiger charge is -1.98. The number of rotatable bonds is 2. The van der Waals surface area contributed by atoms with Gasteiger partial charge in [-0.25, -0.2) is 0 Å². The van der Waals surface area contributed by atoms with Gasteiger partial charge in [0.2, 0.25) is 5.82 Å². The van der Waals surface area contributed by atoms with Crippen LogP contribution in [0.15, 0.2) is 18.3 Å². The molecule has 0 aromatic carbocycles. The summed E-state index contributed by atoms with van der Waals surface area (Å²) in [6.07, 6.45) is 1.74. The number of nitrogens with zero attached hydrogens (tertiary/aromatic N) is 3. The first kappa shape index (κ1) is 9.60. The third-order valence-corrected chi connectivity index (χ3v) is 2.27. The van der Waals surface area contributed by atoms with Gasteiger partial charge in [0.15, 0.2) is 0 Å². The van der Waals surface area contributed by atoms with Gasteiger partial charge in [-0.15, -0.1) is 0 Å². The second-order valence-corrected chi connectivity index (χ2v) is 3.23. The van der Waals surface area contributed by atoms with E-state index < -0.39 is 4.92 Å². The summed E-state index contributed by atoms with van der Waals surface area (Å²) in [5, 5.41) is 10.7. The summed E-state index contributed by atoms with van der Waals surface area (Å²) in [5.41, 5.74) is 6.81. The van der Waals surface area contributed by atoms with Crippen molar-refractivity contribution in [3.05, 3.63) is 39.8 Å². The highest BCUT2D eigenvalue weighted by atomic mass is 16.6. The van der Waals surface area contributed by atoms with E-state index in [1.54, 1.807) is 23.6 Å². The lowest BCUT2D eigenvalue weighted by Crippen LogP contribution is -1.98. The van der Waals surface area contributed by atoms with Crippen molar-refractivity contribution in [2.24, 2.45) is 5.73 Å². The highest BCUT2D eigenvalue weighted by Gasteiger charge is 2.19. The van der Waals surface area contributed by atoms with Crippen molar-refractivity contribution in [3.8, 4) is 0 Å². The van der Waals surface area contributed by atoms with E-state index in [0.29, 0.717) is 17.9 Å². The Hall–Kier alpha value is -1.95. The molecule has 0 saturated carbocycles. The number of nitrogens with two attached hydrogens (primary N) is 1. The van der Waals surface area contributed by atoms with Crippen molar-refractivity contribution in [1.29, 1.82) is 0 Å². The highest BCUT2D eigenvalue weighted by molar-refractivity contribution is 5.63. The molecular weight excluding hydrogens is 196 g/mol. The molecule has 0 radical (unpaired) electrons. The molecule has 0 unspecified atom stereocenters. The fraction of sp³-hybridized carbons (Fsp3) is 0.222. The number of nitro groups is 1. The summed E-state index contributed by atoms with van der Waals surface area (Å²) in [6, 6.07) is 3.52. The number of aryl methyl sites for hydroxylation is 1. The van der Waals surface area contributed by atoms with Crippen LogP contribution in [0.1, 0.15) is 11.4 Å². The van der Waals surface area contributed by atoms with Crippen LogP contribution in [0.4, 0.5) is 5.82 Å². The van der Waals surface area contributed by atoms with Crippen LogP contribution >= 0.6 is 0 Å². The number of fused-ring (bicyclic) bond motifs is 1. The minimum atomic E-state index is -0.484. The van der Waals surface area contributed by atoms with E-state index in [-0.39, 0.29) is 5.82 Å². The van der Waals surface area contributed by atoms with Gasteiger partial charge in [-0.3, -0.25) is 4.40 Å². The van der Waals surface area contributed by atoms with Crippen molar-refractivity contribution in [2.75, 3.05) is 0 Å². The molecular formula is C9H10N4O2. The monoisotopic (exact) mass is 206 g/mol. The van der Waals surface area contributed by atoms with Crippen LogP contribution in [-0.2, 0) is 6.54 Å². The van der Waals surface area contributed by atoms with E-state index in [4.69, 9.17) is 5.73 Å². The summed E-state index contributed by atoms with van der Waals surface area (Å²) in [6.45, 7) is 2.08. The quantitative estimate of drug-likeness (QED) is 0.586. The predicted molar refractivity (Wildman–Crippen MR) is 54.5 cm³/mol. The molecule has 0 aliphatic heterocycles. The Balaban J connectivity index is 2.77. The highest BCUT2D eigenvalue weighted by Crippen LogP contribution is 2.20. The van der Waals surface area contributed by atoms with E-state index in [9.17, 15) is 10.1 Å². The summed E-state index contributed by atoms with van der Waals surface area (Å²) in [7, 11) is 0. The zero-order valence-corrected chi connectivity index (χ0v) is 8.17. The van der Waals surface area contributed by atoms with Gasteiger partial charge in [0.05, 0.1) is 0 Å². The molecule has 2 aromatic heterocycles. The molecule has 78 valence electrons. The van der Waals surface area contributed by atoms with Gasteiger partial charge >= 0.3 is 5.82 Å². The third-order valence-electron chi connectivity index (χ3n) is 2.27. The predicted octanol–water partition coefficient (Wildman–Crippen LogP) is 1.01. The average molecular weight is 206 g/mol. The first-order valence-electron chi connectivity index (χ1n) is 4.45. The smallest absolute Gasteiger partial charge is 0.358 e. The van der Waals surface area contributed by atoms with E-state index in [0.717, 1.165) is 5.56 Å². The molecule has 0 spiro atoms. The maximum Gasteiger partial charge on any atom is 0.389 e. The summed E-state index contributed by atoms with van der Waals surface area (Å²) >= 11 is 0. The zero-order valence-electron chi connectivity index (χ0n) is 8.17. The molecule has 6 heteroatoms. The third kappa shape index (κ3) is 1.44. The lowest BCUT2D eigenvalue weighted by atomic mass is 10.2. The number of imidazole rings is 1. The van der Waals surface area contributed by atoms with E-state index in [1.807, 2.05) is 6.07 Å². The molecule has 0 saturated heterocycles. The molecule has 2 rings (SSSR count). The lowest BCUT2D eigenvalue weighted by molar-refractivity contribution is -0.387. The average Bonchev–Trinajstić information content (AvgIpc) is 2.56. The normalized spacial score (nSPS) is 10.8. The molecule has 2 aromatic rings. The fourth-order valence-corrected chi connectivity index (χ4v) is 1.52. The van der Waals surface area contributed by atoms with Crippen LogP contribution in [0.3, 0.4) is 0 Å². The van der Waals surface area contributed by atoms with Crippen molar-refractivity contribution in [2.45, 2.75) is 13.5 Å². The Morgan fingerprint density at radius 2 is 2.40 bits per heavy atom. The number of aromatic nitrogens is 2. The zero-order chi connectivity index (χ0) is 11.0. The van der Waals surface area contributed by atoms with E-state index in [2.05, 4.69) is 4.98 Å². The van der Waals surface area contributed by atoms with Gasteiger partial charge in [-0.2, -0.15) is 0 Å². The van der Waals surface area contributed by atoms with Crippen LogP contribution in [0.5, 0.6) is 0 Å². The second kappa shape index (κ2) is 3.32. The molecule has 6 nitrogen and oxygen atoms in total. The Labute approximate surface area is 85.5 Å². The largest absolute Gasteiger partial charge is 0.389 e. The van der Waals surface area contributed by atoms with E-state index >= 15 is 0 Å². The van der Waals surface area contributed by atoms with Crippen molar-refractivity contribution in [1.82, 2.24) is 9.38 Å². The number of pyridine rings is 1. The standard InChI is InChI=1S/C9H10N4O2/c1-6-11-9(13(14)15)8-4-7(5-10)2-3-12(6)8/h2-4H,5,10H2,1H3. The van der Waals surface area contributed by atoms with Crippen LogP contribution in [0.2, 0.25) is 0 Å². The van der Waals surface area contributed by atoms with Gasteiger partial charge in [0.1, 0.15) is 5.52 Å². The van der Waals surface area contributed by atoms with Gasteiger partial charge in [0, 0.05) is 19.7 Å². The minimum Gasteiger partial charge on any atom is -0.358 e. The second-order valence-electron chi connectivity index (χ2n) is 3.23. The SMILES string of the molecule is Cc1nc([N+](=O)[O-])c2cc(CN)ccn12. The molecule has 2 heterocycles.